The summed E-state index contributed by atoms with van der Waals surface area (Å²) < 4.78 is 76.2. The lowest BCUT2D eigenvalue weighted by Gasteiger charge is -2.27. The molecule has 23 nitrogen and oxygen atoms in total. The molecule has 0 atom stereocenters. The summed E-state index contributed by atoms with van der Waals surface area (Å²) >= 11 is 0. The highest BCUT2D eigenvalue weighted by molar-refractivity contribution is 5.77. The molecule has 0 spiro atoms. The van der Waals surface area contributed by atoms with Crippen LogP contribution in [-0.2, 0) is 82.4 Å². The van der Waals surface area contributed by atoms with Crippen LogP contribution < -0.4 is 0 Å². The molecule has 1 aromatic carbocycles. The van der Waals surface area contributed by atoms with E-state index in [2.05, 4.69) is 9.80 Å². The third-order valence-corrected chi connectivity index (χ3v) is 17.4. The number of amides is 4. The molecule has 0 aliphatic carbocycles. The highest BCUT2D eigenvalue weighted by Gasteiger charge is 2.23. The van der Waals surface area contributed by atoms with Crippen LogP contribution in [0.5, 0.6) is 0 Å². The number of unbranched alkanes of at least 4 members (excludes halogenated alkanes) is 16. The maximum Gasteiger partial charge on any atom is 0.410 e. The van der Waals surface area contributed by atoms with Crippen LogP contribution in [0.15, 0.2) is 30.3 Å². The summed E-state index contributed by atoms with van der Waals surface area (Å²) in [7, 11) is 0. The molecule has 3 fully saturated rings. The van der Waals surface area contributed by atoms with Crippen LogP contribution in [0.1, 0.15) is 161 Å². The second-order valence-electron chi connectivity index (χ2n) is 26.5. The van der Waals surface area contributed by atoms with Gasteiger partial charge in [0.1, 0.15) is 5.60 Å². The third kappa shape index (κ3) is 48.7. The van der Waals surface area contributed by atoms with Crippen molar-refractivity contribution in [3.05, 3.63) is 35.9 Å². The van der Waals surface area contributed by atoms with Gasteiger partial charge in [0, 0.05) is 97.8 Å². The van der Waals surface area contributed by atoms with Crippen LogP contribution in [-0.4, -0.2) is 309 Å². The maximum absolute atomic E-state index is 13.4. The van der Waals surface area contributed by atoms with E-state index in [0.717, 1.165) is 96.2 Å². The van der Waals surface area contributed by atoms with Crippen LogP contribution >= 0.6 is 0 Å². The fourth-order valence-electron chi connectivity index (χ4n) is 11.5. The quantitative estimate of drug-likeness (QED) is 0.0753. The van der Waals surface area contributed by atoms with E-state index in [9.17, 15) is 19.2 Å². The van der Waals surface area contributed by atoms with Gasteiger partial charge in [-0.15, -0.1) is 0 Å². The highest BCUT2D eigenvalue weighted by atomic mass is 16.6. The first kappa shape index (κ1) is 85.8. The van der Waals surface area contributed by atoms with Gasteiger partial charge < -0.3 is 81.2 Å². The molecule has 23 heteroatoms. The first-order chi connectivity index (χ1) is 47.6. The van der Waals surface area contributed by atoms with Crippen LogP contribution in [0.4, 0.5) is 4.79 Å². The van der Waals surface area contributed by atoms with Crippen molar-refractivity contribution in [1.29, 1.82) is 0 Å². The Bertz CT molecular complexity index is 1970. The van der Waals surface area contributed by atoms with E-state index in [1.54, 1.807) is 4.90 Å². The maximum atomic E-state index is 13.4. The van der Waals surface area contributed by atoms with Gasteiger partial charge >= 0.3 is 6.09 Å². The van der Waals surface area contributed by atoms with Gasteiger partial charge in [-0.1, -0.05) is 120 Å². The summed E-state index contributed by atoms with van der Waals surface area (Å²) in [4.78, 5) is 64.5. The average Bonchev–Trinajstić information content (AvgIpc) is 1.79. The van der Waals surface area contributed by atoms with Gasteiger partial charge in [-0.25, -0.2) is 4.79 Å². The Labute approximate surface area is 585 Å². The molecule has 3 heterocycles. The Morgan fingerprint density at radius 2 is 0.536 bits per heavy atom. The molecule has 0 aromatic heterocycles. The van der Waals surface area contributed by atoms with E-state index in [4.69, 9.17) is 61.6 Å². The van der Waals surface area contributed by atoms with Crippen molar-refractivity contribution < 1.29 is 80.8 Å². The van der Waals surface area contributed by atoms with E-state index >= 15 is 0 Å². The Morgan fingerprint density at radius 1 is 0.299 bits per heavy atom. The van der Waals surface area contributed by atoms with Crippen LogP contribution in [0.25, 0.3) is 0 Å². The van der Waals surface area contributed by atoms with Crippen molar-refractivity contribution in [2.45, 2.75) is 168 Å². The van der Waals surface area contributed by atoms with E-state index < -0.39 is 5.60 Å². The lowest BCUT2D eigenvalue weighted by Crippen LogP contribution is -2.40. The number of carbonyl (C=O) groups excluding carboxylic acids is 4. The molecular formula is C74H134N6O17. The van der Waals surface area contributed by atoms with Crippen molar-refractivity contribution in [3.8, 4) is 0 Å². The monoisotopic (exact) mass is 1380 g/mol. The molecule has 0 radical (unpaired) electrons. The molecule has 562 valence electrons. The zero-order valence-electron chi connectivity index (χ0n) is 60.9. The number of hydrogen-bond donors (Lipinski definition) is 0. The molecule has 3 aliphatic rings. The highest BCUT2D eigenvalue weighted by Crippen LogP contribution is 2.16. The predicted octanol–water partition coefficient (Wildman–Crippen LogP) is 8.99. The molecule has 4 rings (SSSR count). The number of ether oxygens (including phenoxy) is 13. The van der Waals surface area contributed by atoms with Gasteiger partial charge in [0.05, 0.1) is 159 Å². The molecule has 0 bridgehead atoms. The molecule has 3 saturated heterocycles. The molecule has 97 heavy (non-hydrogen) atoms. The second-order valence-corrected chi connectivity index (χ2v) is 26.5. The normalized spacial score (nSPS) is 19.5. The smallest absolute Gasteiger partial charge is 0.410 e. The van der Waals surface area contributed by atoms with Crippen molar-refractivity contribution in [2.75, 3.05) is 250 Å². The molecule has 1 aromatic rings. The van der Waals surface area contributed by atoms with Crippen LogP contribution in [0.3, 0.4) is 0 Å². The molecule has 0 N–H and O–H groups in total. The molecule has 0 unspecified atom stereocenters. The van der Waals surface area contributed by atoms with Crippen molar-refractivity contribution >= 4 is 23.8 Å². The fraction of sp³-hybridized carbons (Fsp3) is 0.865. The molecule has 0 saturated carbocycles. The average molecular weight is 1380 g/mol. The van der Waals surface area contributed by atoms with Crippen molar-refractivity contribution in [2.24, 2.45) is 0 Å². The second kappa shape index (κ2) is 60.0. The molecular weight excluding hydrogens is 1240 g/mol. The van der Waals surface area contributed by atoms with E-state index in [-0.39, 0.29) is 23.8 Å². The summed E-state index contributed by atoms with van der Waals surface area (Å²) in [6, 6.07) is 10.1. The number of carbonyl (C=O) groups is 4. The molecule has 4 amide bonds. The molecule has 3 aliphatic heterocycles. The van der Waals surface area contributed by atoms with Gasteiger partial charge in [0.15, 0.2) is 0 Å². The summed E-state index contributed by atoms with van der Waals surface area (Å²) in [5.74, 6) is 0.411. The third-order valence-electron chi connectivity index (χ3n) is 17.4. The summed E-state index contributed by atoms with van der Waals surface area (Å²) in [6.07, 6.45) is 22.5. The topological polar surface area (TPSA) is 208 Å². The number of benzene rings is 1. The Morgan fingerprint density at radius 3 is 0.814 bits per heavy atom. The number of aryl methyl sites for hydroxylation is 1. The zero-order chi connectivity index (χ0) is 69.0. The number of nitrogens with zero attached hydrogens (tertiary/aromatic N) is 6. The largest absolute Gasteiger partial charge is 0.444 e. The zero-order valence-corrected chi connectivity index (χ0v) is 60.9. The number of rotatable bonds is 27. The first-order valence-corrected chi connectivity index (χ1v) is 37.8. The Kier molecular flexibility index (Phi) is 53.0. The standard InChI is InChI=1S/C74H134N6O17/c1-74(2,3)97-73(84)80-43-55-95-63-59-87-47-35-76(36-48-88-60-64-96-56-44-80)32-24-17-13-9-4-6-10-14-21-27-70(81)77-37-49-89-61-57-85-45-33-75(34-46-86-58-62-90-50-38-77)31-23-16-12-8-5-7-11-15-22-28-71(82)78-39-51-91-65-67-93-53-41-79(42-54-94-68-66-92-52-40-78)72(83)30-29-69-25-19-18-20-26-69/h18-20,25-26H,4-17,21-24,27-68H2,1-3H3. The van der Waals surface area contributed by atoms with Crippen LogP contribution in [0.2, 0.25) is 0 Å². The summed E-state index contributed by atoms with van der Waals surface area (Å²) in [5, 5.41) is 0. The number of hydrogen-bond acceptors (Lipinski definition) is 19. The van der Waals surface area contributed by atoms with Crippen LogP contribution in [0, 0.1) is 0 Å². The van der Waals surface area contributed by atoms with E-state index in [1.165, 1.54) is 64.2 Å². The fourth-order valence-corrected chi connectivity index (χ4v) is 11.5. The van der Waals surface area contributed by atoms with E-state index in [0.29, 0.717) is 237 Å². The lowest BCUT2D eigenvalue weighted by molar-refractivity contribution is -0.134. The van der Waals surface area contributed by atoms with Crippen molar-refractivity contribution in [3.63, 3.8) is 0 Å². The minimum absolute atomic E-state index is 0.0922. The lowest BCUT2D eigenvalue weighted by atomic mass is 10.1. The predicted molar refractivity (Wildman–Crippen MR) is 377 cm³/mol. The van der Waals surface area contributed by atoms with E-state index in [1.807, 2.05) is 65.8 Å². The Balaban J connectivity index is 0.956. The minimum atomic E-state index is -0.569. The van der Waals surface area contributed by atoms with Crippen molar-refractivity contribution in [1.82, 2.24) is 29.4 Å². The summed E-state index contributed by atoms with van der Waals surface area (Å²) in [6.45, 7) is 26.8. The summed E-state index contributed by atoms with van der Waals surface area (Å²) in [5.41, 5.74) is 0.579. The first-order valence-electron chi connectivity index (χ1n) is 37.8. The van der Waals surface area contributed by atoms with Gasteiger partial charge in [-0.05, 0) is 71.5 Å². The van der Waals surface area contributed by atoms with Gasteiger partial charge in [-0.3, -0.25) is 24.2 Å². The minimum Gasteiger partial charge on any atom is -0.444 e. The van der Waals surface area contributed by atoms with Gasteiger partial charge in [0.25, 0.3) is 0 Å². The van der Waals surface area contributed by atoms with Gasteiger partial charge in [0.2, 0.25) is 17.7 Å². The SMILES string of the molecule is CC(C)(C)OC(=O)N1CCOCCOCCN(CCCCCCCCCCCC(=O)N2CCOCCOCCN(CCCCCCCCCCCC(=O)N3CCOCCOCCN(C(=O)CCc4ccccc4)CCOCCOCC3)CCOCCOCC2)CCOCCOCC1. The Hall–Kier alpha value is -3.66. The van der Waals surface area contributed by atoms with Gasteiger partial charge in [-0.2, -0.15) is 0 Å².